The van der Waals surface area contributed by atoms with Crippen LogP contribution in [0.25, 0.3) is 5.76 Å². The smallest absolute Gasteiger partial charge is 0.343 e. The summed E-state index contributed by atoms with van der Waals surface area (Å²) >= 11 is 0. The van der Waals surface area contributed by atoms with Crippen LogP contribution >= 0.6 is 0 Å². The lowest BCUT2D eigenvalue weighted by atomic mass is 10.0. The molecule has 0 N–H and O–H groups in total. The minimum absolute atomic E-state index is 0.0105. The number of ketones is 1. The van der Waals surface area contributed by atoms with Crippen LogP contribution < -0.4 is 4.74 Å². The summed E-state index contributed by atoms with van der Waals surface area (Å²) in [6.45, 7) is 2.09. The van der Waals surface area contributed by atoms with Crippen LogP contribution in [-0.2, 0) is 14.8 Å². The SMILES string of the molecule is CCCCCN1C(C(=O)c2ccccc2)=C(OC(=O)c2ccc(OC)cc2)c2ccccc2S1(=O)=O. The van der Waals surface area contributed by atoms with Gasteiger partial charge in [0.05, 0.1) is 17.6 Å². The molecule has 7 nitrogen and oxygen atoms in total. The van der Waals surface area contributed by atoms with Crippen LogP contribution in [-0.4, -0.2) is 38.1 Å². The minimum Gasteiger partial charge on any atom is -0.497 e. The first-order valence-electron chi connectivity index (χ1n) is 11.7. The van der Waals surface area contributed by atoms with Crippen LogP contribution in [0.1, 0.15) is 52.5 Å². The molecule has 1 aliphatic heterocycles. The maximum Gasteiger partial charge on any atom is 0.343 e. The van der Waals surface area contributed by atoms with E-state index in [-0.39, 0.29) is 34.0 Å². The Hall–Kier alpha value is -3.91. The lowest BCUT2D eigenvalue weighted by molar-refractivity contribution is 0.0685. The zero-order chi connectivity index (χ0) is 25.7. The van der Waals surface area contributed by atoms with Crippen LogP contribution in [0, 0.1) is 0 Å². The molecule has 4 rings (SSSR count). The first kappa shape index (κ1) is 25.2. The number of fused-ring (bicyclic) bond motifs is 1. The zero-order valence-electron chi connectivity index (χ0n) is 20.1. The maximum atomic E-state index is 13.8. The van der Waals surface area contributed by atoms with Gasteiger partial charge < -0.3 is 9.47 Å². The predicted molar refractivity (Wildman–Crippen MR) is 136 cm³/mol. The molecule has 8 heteroatoms. The summed E-state index contributed by atoms with van der Waals surface area (Å²) < 4.78 is 39.5. The van der Waals surface area contributed by atoms with Crippen LogP contribution in [0.4, 0.5) is 0 Å². The van der Waals surface area contributed by atoms with Crippen LogP contribution in [0.2, 0.25) is 0 Å². The van der Waals surface area contributed by atoms with Gasteiger partial charge in [-0.2, -0.15) is 0 Å². The summed E-state index contributed by atoms with van der Waals surface area (Å²) in [7, 11) is -2.54. The van der Waals surface area contributed by atoms with Crippen molar-refractivity contribution in [3.05, 3.63) is 101 Å². The van der Waals surface area contributed by atoms with E-state index >= 15 is 0 Å². The predicted octanol–water partition coefficient (Wildman–Crippen LogP) is 5.30. The fraction of sp³-hybridized carbons (Fsp3) is 0.214. The number of rotatable bonds is 9. The van der Waals surface area contributed by atoms with Gasteiger partial charge in [0, 0.05) is 17.7 Å². The van der Waals surface area contributed by atoms with Gasteiger partial charge in [0.2, 0.25) is 5.78 Å². The molecule has 0 saturated heterocycles. The molecule has 186 valence electrons. The molecule has 0 radical (unpaired) electrons. The number of allylic oxidation sites excluding steroid dienone is 1. The monoisotopic (exact) mass is 505 g/mol. The molecular weight excluding hydrogens is 478 g/mol. The van der Waals surface area contributed by atoms with E-state index in [1.54, 1.807) is 72.8 Å². The normalized spacial score (nSPS) is 14.2. The highest BCUT2D eigenvalue weighted by atomic mass is 32.2. The molecule has 0 saturated carbocycles. The van der Waals surface area contributed by atoms with E-state index in [2.05, 4.69) is 0 Å². The van der Waals surface area contributed by atoms with Gasteiger partial charge in [-0.15, -0.1) is 0 Å². The fourth-order valence-electron chi connectivity index (χ4n) is 4.02. The fourth-order valence-corrected chi connectivity index (χ4v) is 5.72. The molecule has 3 aromatic rings. The van der Waals surface area contributed by atoms with Crippen molar-refractivity contribution in [2.45, 2.75) is 31.1 Å². The Bertz CT molecular complexity index is 1400. The first-order valence-corrected chi connectivity index (χ1v) is 13.1. The van der Waals surface area contributed by atoms with Crippen molar-refractivity contribution in [2.24, 2.45) is 0 Å². The average Bonchev–Trinajstić information content (AvgIpc) is 2.91. The third kappa shape index (κ3) is 4.90. The van der Waals surface area contributed by atoms with Crippen molar-refractivity contribution >= 4 is 27.5 Å². The molecule has 36 heavy (non-hydrogen) atoms. The molecule has 0 aromatic heterocycles. The number of hydrogen-bond acceptors (Lipinski definition) is 6. The summed E-state index contributed by atoms with van der Waals surface area (Å²) in [6, 6.07) is 21.0. The molecule has 0 spiro atoms. The summed E-state index contributed by atoms with van der Waals surface area (Å²) in [6.07, 6.45) is 2.19. The summed E-state index contributed by atoms with van der Waals surface area (Å²) in [4.78, 5) is 26.9. The van der Waals surface area contributed by atoms with Crippen LogP contribution in [0.15, 0.2) is 89.5 Å². The summed E-state index contributed by atoms with van der Waals surface area (Å²) in [5.74, 6) is -0.759. The van der Waals surface area contributed by atoms with Crippen molar-refractivity contribution in [3.63, 3.8) is 0 Å². The highest BCUT2D eigenvalue weighted by molar-refractivity contribution is 7.89. The van der Waals surface area contributed by atoms with E-state index in [0.29, 0.717) is 17.7 Å². The number of unbranched alkanes of at least 4 members (excludes halogenated alkanes) is 2. The Labute approximate surface area is 211 Å². The summed E-state index contributed by atoms with van der Waals surface area (Å²) in [5, 5.41) is 0. The number of nitrogens with zero attached hydrogens (tertiary/aromatic N) is 1. The molecule has 1 heterocycles. The zero-order valence-corrected chi connectivity index (χ0v) is 21.0. The number of esters is 1. The third-order valence-corrected chi connectivity index (χ3v) is 7.76. The van der Waals surface area contributed by atoms with E-state index < -0.39 is 21.8 Å². The maximum absolute atomic E-state index is 13.8. The van der Waals surface area contributed by atoms with Crippen molar-refractivity contribution in [3.8, 4) is 5.75 Å². The molecule has 1 aliphatic rings. The molecule has 0 bridgehead atoms. The molecule has 0 amide bonds. The number of ether oxygens (including phenoxy) is 2. The topological polar surface area (TPSA) is 90.0 Å². The van der Waals surface area contributed by atoms with E-state index in [1.807, 2.05) is 6.92 Å². The number of methoxy groups -OCH3 is 1. The Balaban J connectivity index is 1.90. The van der Waals surface area contributed by atoms with Crippen LogP contribution in [0.5, 0.6) is 5.75 Å². The molecule has 0 atom stereocenters. The van der Waals surface area contributed by atoms with Gasteiger partial charge in [0.1, 0.15) is 11.4 Å². The number of benzene rings is 3. The number of carbonyl (C=O) groups is 2. The second-order valence-electron chi connectivity index (χ2n) is 8.27. The molecule has 3 aromatic carbocycles. The number of hydrogen-bond donors (Lipinski definition) is 0. The van der Waals surface area contributed by atoms with Gasteiger partial charge in [0.25, 0.3) is 10.0 Å². The first-order chi connectivity index (χ1) is 17.4. The van der Waals surface area contributed by atoms with Gasteiger partial charge in [-0.25, -0.2) is 13.2 Å². The Morgan fingerprint density at radius 2 is 1.50 bits per heavy atom. The van der Waals surface area contributed by atoms with Crippen LogP contribution in [0.3, 0.4) is 0 Å². The lowest BCUT2D eigenvalue weighted by Crippen LogP contribution is -2.39. The minimum atomic E-state index is -4.06. The molecule has 0 unspecified atom stereocenters. The van der Waals surface area contributed by atoms with Gasteiger partial charge >= 0.3 is 5.97 Å². The lowest BCUT2D eigenvalue weighted by Gasteiger charge is -2.33. The number of Topliss-reactive ketones (excluding diaryl/α,β-unsaturated/α-hetero) is 1. The second kappa shape index (κ2) is 10.8. The number of sulfonamides is 1. The van der Waals surface area contributed by atoms with E-state index in [4.69, 9.17) is 9.47 Å². The molecule has 0 fully saturated rings. The van der Waals surface area contributed by atoms with E-state index in [0.717, 1.165) is 17.1 Å². The van der Waals surface area contributed by atoms with Gasteiger partial charge in [-0.3, -0.25) is 9.10 Å². The molecular formula is C28H27NO6S. The Kier molecular flexibility index (Phi) is 7.55. The Morgan fingerprint density at radius 1 is 0.833 bits per heavy atom. The van der Waals surface area contributed by atoms with E-state index in [1.165, 1.54) is 13.2 Å². The summed E-state index contributed by atoms with van der Waals surface area (Å²) in [5.41, 5.74) is 0.530. The second-order valence-corrected chi connectivity index (χ2v) is 10.1. The van der Waals surface area contributed by atoms with Crippen molar-refractivity contribution in [1.82, 2.24) is 4.31 Å². The third-order valence-electron chi connectivity index (χ3n) is 5.90. The molecule has 0 aliphatic carbocycles. The van der Waals surface area contributed by atoms with E-state index in [9.17, 15) is 18.0 Å². The van der Waals surface area contributed by atoms with Crippen molar-refractivity contribution in [1.29, 1.82) is 0 Å². The number of carbonyl (C=O) groups excluding carboxylic acids is 2. The quantitative estimate of drug-likeness (QED) is 0.223. The Morgan fingerprint density at radius 3 is 2.17 bits per heavy atom. The van der Waals surface area contributed by atoms with Gasteiger partial charge in [-0.1, -0.05) is 62.2 Å². The standard InChI is InChI=1S/C28H27NO6S/c1-3-4-10-19-29-25(26(30)20-11-6-5-7-12-20)27(23-13-8-9-14-24(23)36(29,32)33)35-28(31)21-15-17-22(34-2)18-16-21/h5-9,11-18H,3-4,10,19H2,1-2H3. The van der Waals surface area contributed by atoms with Crippen molar-refractivity contribution in [2.75, 3.05) is 13.7 Å². The largest absolute Gasteiger partial charge is 0.497 e. The van der Waals surface area contributed by atoms with Gasteiger partial charge in [0.15, 0.2) is 5.76 Å². The average molecular weight is 506 g/mol. The highest BCUT2D eigenvalue weighted by Crippen LogP contribution is 2.39. The highest BCUT2D eigenvalue weighted by Gasteiger charge is 2.41. The van der Waals surface area contributed by atoms with Gasteiger partial charge in [-0.05, 0) is 42.8 Å². The van der Waals surface area contributed by atoms with Crippen molar-refractivity contribution < 1.29 is 27.5 Å².